The van der Waals surface area contributed by atoms with Gasteiger partial charge in [0, 0.05) is 21.3 Å². The highest BCUT2D eigenvalue weighted by Gasteiger charge is 2.13. The Morgan fingerprint density at radius 1 is 1.29 bits per heavy atom. The molecule has 0 amide bonds. The molecule has 0 radical (unpaired) electrons. The Kier molecular flexibility index (Phi) is 3.23. The summed E-state index contributed by atoms with van der Waals surface area (Å²) in [5, 5.41) is 10.7. The molecule has 0 aliphatic carbocycles. The first-order chi connectivity index (χ1) is 8.11. The van der Waals surface area contributed by atoms with Gasteiger partial charge in [0.25, 0.3) is 5.69 Å². The second-order valence-electron chi connectivity index (χ2n) is 3.24. The highest BCUT2D eigenvalue weighted by Crippen LogP contribution is 2.30. The van der Waals surface area contributed by atoms with Crippen molar-refractivity contribution in [2.24, 2.45) is 0 Å². The Balaban J connectivity index is 2.53. The molecule has 1 heterocycles. The maximum Gasteiger partial charge on any atom is 0.270 e. The van der Waals surface area contributed by atoms with E-state index in [1.807, 2.05) is 0 Å². The summed E-state index contributed by atoms with van der Waals surface area (Å²) in [5.74, 6) is 0.641. The van der Waals surface area contributed by atoms with Crippen LogP contribution in [0.15, 0.2) is 34.7 Å². The number of furan rings is 1. The zero-order valence-electron chi connectivity index (χ0n) is 8.42. The van der Waals surface area contributed by atoms with Gasteiger partial charge in [0.15, 0.2) is 12.0 Å². The Morgan fingerprint density at radius 2 is 2.06 bits per heavy atom. The number of aldehydes is 1. The van der Waals surface area contributed by atoms with E-state index >= 15 is 0 Å². The first-order valence-electron chi connectivity index (χ1n) is 4.61. The summed E-state index contributed by atoms with van der Waals surface area (Å²) in [7, 11) is 0. The van der Waals surface area contributed by atoms with E-state index in [0.717, 1.165) is 3.57 Å². The number of halogens is 1. The fourth-order valence-electron chi connectivity index (χ4n) is 1.38. The van der Waals surface area contributed by atoms with Gasteiger partial charge >= 0.3 is 0 Å². The number of carbonyl (C=O) groups excluding carboxylic acids is 1. The Labute approximate surface area is 110 Å². The fraction of sp³-hybridized carbons (Fsp3) is 0. The van der Waals surface area contributed by atoms with Crippen LogP contribution in [0.3, 0.4) is 0 Å². The number of nitro groups is 1. The molecule has 0 unspecified atom stereocenters. The molecule has 0 fully saturated rings. The van der Waals surface area contributed by atoms with E-state index < -0.39 is 4.92 Å². The number of carbonyl (C=O) groups is 1. The lowest BCUT2D eigenvalue weighted by Crippen LogP contribution is -1.89. The van der Waals surface area contributed by atoms with Crippen LogP contribution in [0.1, 0.15) is 10.6 Å². The Morgan fingerprint density at radius 3 is 2.65 bits per heavy atom. The fourth-order valence-corrected chi connectivity index (χ4v) is 1.98. The van der Waals surface area contributed by atoms with E-state index in [9.17, 15) is 14.9 Å². The van der Waals surface area contributed by atoms with Crippen LogP contribution in [0.25, 0.3) is 11.3 Å². The van der Waals surface area contributed by atoms with Crippen molar-refractivity contribution >= 4 is 34.6 Å². The summed E-state index contributed by atoms with van der Waals surface area (Å²) in [6.07, 6.45) is 0.591. The number of nitro benzene ring substituents is 1. The normalized spacial score (nSPS) is 10.2. The van der Waals surface area contributed by atoms with Gasteiger partial charge in [0.1, 0.15) is 5.76 Å². The van der Waals surface area contributed by atoms with Crippen molar-refractivity contribution in [3.63, 3.8) is 0 Å². The number of nitrogens with zero attached hydrogens (tertiary/aromatic N) is 1. The minimum absolute atomic E-state index is 0.00975. The molecule has 0 bridgehead atoms. The third-order valence-electron chi connectivity index (χ3n) is 2.17. The minimum atomic E-state index is -0.469. The largest absolute Gasteiger partial charge is 0.453 e. The predicted octanol–water partition coefficient (Wildman–Crippen LogP) is 3.27. The SMILES string of the molecule is O=Cc1ccc(-c2cc([N+](=O)[O-])ccc2I)o1. The van der Waals surface area contributed by atoms with Gasteiger partial charge < -0.3 is 4.42 Å². The average Bonchev–Trinajstić information content (AvgIpc) is 2.77. The standard InChI is InChI=1S/C11H6INO4/c12-10-3-1-7(13(15)16)5-9(10)11-4-2-8(6-14)17-11/h1-6H. The molecule has 6 heteroatoms. The summed E-state index contributed by atoms with van der Waals surface area (Å²) in [5.41, 5.74) is 0.595. The van der Waals surface area contributed by atoms with Crippen molar-refractivity contribution < 1.29 is 14.1 Å². The monoisotopic (exact) mass is 343 g/mol. The zero-order chi connectivity index (χ0) is 12.4. The van der Waals surface area contributed by atoms with Crippen molar-refractivity contribution in [2.45, 2.75) is 0 Å². The van der Waals surface area contributed by atoms with Gasteiger partial charge in [-0.05, 0) is 40.8 Å². The smallest absolute Gasteiger partial charge is 0.270 e. The lowest BCUT2D eigenvalue weighted by molar-refractivity contribution is -0.384. The van der Waals surface area contributed by atoms with Crippen LogP contribution < -0.4 is 0 Å². The zero-order valence-corrected chi connectivity index (χ0v) is 10.6. The number of non-ortho nitro benzene ring substituents is 1. The molecule has 1 aromatic carbocycles. The van der Waals surface area contributed by atoms with Crippen molar-refractivity contribution in [1.29, 1.82) is 0 Å². The van der Waals surface area contributed by atoms with Crippen LogP contribution in [0.5, 0.6) is 0 Å². The molecule has 17 heavy (non-hydrogen) atoms. The molecule has 2 rings (SSSR count). The molecular weight excluding hydrogens is 337 g/mol. The van der Waals surface area contributed by atoms with Gasteiger partial charge in [-0.1, -0.05) is 0 Å². The molecule has 5 nitrogen and oxygen atoms in total. The van der Waals surface area contributed by atoms with E-state index in [0.29, 0.717) is 17.6 Å². The van der Waals surface area contributed by atoms with Crippen LogP contribution in [0.4, 0.5) is 5.69 Å². The van der Waals surface area contributed by atoms with E-state index in [1.54, 1.807) is 12.1 Å². The van der Waals surface area contributed by atoms with E-state index in [-0.39, 0.29) is 11.4 Å². The van der Waals surface area contributed by atoms with Crippen LogP contribution >= 0.6 is 22.6 Å². The lowest BCUT2D eigenvalue weighted by Gasteiger charge is -2.00. The molecule has 0 saturated heterocycles. The molecule has 0 aliphatic heterocycles. The Bertz CT molecular complexity index is 591. The predicted molar refractivity (Wildman–Crippen MR) is 68.9 cm³/mol. The molecule has 0 atom stereocenters. The minimum Gasteiger partial charge on any atom is -0.453 e. The average molecular weight is 343 g/mol. The molecule has 2 aromatic rings. The molecular formula is C11H6INO4. The van der Waals surface area contributed by atoms with Gasteiger partial charge in [0.05, 0.1) is 4.92 Å². The second-order valence-corrected chi connectivity index (χ2v) is 4.40. The van der Waals surface area contributed by atoms with Crippen LogP contribution in [-0.4, -0.2) is 11.2 Å². The molecule has 0 saturated carbocycles. The van der Waals surface area contributed by atoms with Crippen molar-refractivity contribution in [3.8, 4) is 11.3 Å². The van der Waals surface area contributed by atoms with Crippen LogP contribution in [0.2, 0.25) is 0 Å². The third kappa shape index (κ3) is 2.36. The van der Waals surface area contributed by atoms with E-state index in [4.69, 9.17) is 4.42 Å². The highest BCUT2D eigenvalue weighted by atomic mass is 127. The van der Waals surface area contributed by atoms with Gasteiger partial charge in [0.2, 0.25) is 0 Å². The summed E-state index contributed by atoms with van der Waals surface area (Å²) in [4.78, 5) is 20.7. The number of rotatable bonds is 3. The molecule has 1 aromatic heterocycles. The molecule has 0 N–H and O–H groups in total. The highest BCUT2D eigenvalue weighted by molar-refractivity contribution is 14.1. The summed E-state index contributed by atoms with van der Waals surface area (Å²) < 4.78 is 6.06. The van der Waals surface area contributed by atoms with Gasteiger partial charge in [-0.15, -0.1) is 0 Å². The number of hydrogen-bond donors (Lipinski definition) is 0. The number of hydrogen-bond acceptors (Lipinski definition) is 4. The first kappa shape index (κ1) is 11.8. The molecule has 86 valence electrons. The molecule has 0 aliphatic rings. The van der Waals surface area contributed by atoms with Gasteiger partial charge in [-0.3, -0.25) is 14.9 Å². The van der Waals surface area contributed by atoms with Crippen molar-refractivity contribution in [1.82, 2.24) is 0 Å². The summed E-state index contributed by atoms with van der Waals surface area (Å²) in [6.45, 7) is 0. The number of benzene rings is 1. The molecule has 0 spiro atoms. The van der Waals surface area contributed by atoms with E-state index in [2.05, 4.69) is 22.6 Å². The maximum atomic E-state index is 10.7. The maximum absolute atomic E-state index is 10.7. The van der Waals surface area contributed by atoms with Crippen LogP contribution in [0, 0.1) is 13.7 Å². The second kappa shape index (κ2) is 4.66. The lowest BCUT2D eigenvalue weighted by atomic mass is 10.1. The van der Waals surface area contributed by atoms with Crippen molar-refractivity contribution in [3.05, 3.63) is 49.8 Å². The van der Waals surface area contributed by atoms with Crippen molar-refractivity contribution in [2.75, 3.05) is 0 Å². The Hall–Kier alpha value is -1.70. The topological polar surface area (TPSA) is 73.3 Å². The van der Waals surface area contributed by atoms with Gasteiger partial charge in [-0.2, -0.15) is 0 Å². The third-order valence-corrected chi connectivity index (χ3v) is 3.11. The quantitative estimate of drug-likeness (QED) is 0.371. The summed E-state index contributed by atoms with van der Waals surface area (Å²) in [6, 6.07) is 7.63. The van der Waals surface area contributed by atoms with E-state index in [1.165, 1.54) is 18.2 Å². The van der Waals surface area contributed by atoms with Crippen LogP contribution in [-0.2, 0) is 0 Å². The van der Waals surface area contributed by atoms with Gasteiger partial charge in [-0.25, -0.2) is 0 Å². The summed E-state index contributed by atoms with van der Waals surface area (Å²) >= 11 is 2.05. The first-order valence-corrected chi connectivity index (χ1v) is 5.69.